The van der Waals surface area contributed by atoms with Crippen LogP contribution in [0.3, 0.4) is 0 Å². The van der Waals surface area contributed by atoms with Crippen LogP contribution in [0.4, 0.5) is 23.7 Å². The first-order chi connectivity index (χ1) is 15.0. The van der Waals surface area contributed by atoms with Gasteiger partial charge in [-0.2, -0.15) is 13.2 Å². The fourth-order valence-electron chi connectivity index (χ4n) is 2.97. The number of rotatable bonds is 8. The van der Waals surface area contributed by atoms with Crippen molar-refractivity contribution in [2.75, 3.05) is 33.1 Å². The molecule has 2 aromatic carbocycles. The fourth-order valence-corrected chi connectivity index (χ4v) is 2.97. The van der Waals surface area contributed by atoms with E-state index < -0.39 is 23.8 Å². The second-order valence-corrected chi connectivity index (χ2v) is 7.10. The second kappa shape index (κ2) is 10.7. The summed E-state index contributed by atoms with van der Waals surface area (Å²) in [5, 5.41) is 4.75. The molecule has 2 aromatic rings. The van der Waals surface area contributed by atoms with Gasteiger partial charge in [-0.05, 0) is 49.2 Å². The van der Waals surface area contributed by atoms with Crippen LogP contribution in [-0.2, 0) is 17.4 Å². The summed E-state index contributed by atoms with van der Waals surface area (Å²) in [5.74, 6) is 0.843. The monoisotopic (exact) mass is 453 g/mol. The Kier molecular flexibility index (Phi) is 8.34. The zero-order valence-corrected chi connectivity index (χ0v) is 18.2. The molecular formula is C22H26F3N3O4. The van der Waals surface area contributed by atoms with Gasteiger partial charge in [0.25, 0.3) is 0 Å². The summed E-state index contributed by atoms with van der Waals surface area (Å²) in [6.45, 7) is 1.89. The second-order valence-electron chi connectivity index (χ2n) is 7.10. The molecule has 0 aliphatic heterocycles. The molecule has 1 atom stereocenters. The molecule has 0 aliphatic carbocycles. The predicted octanol–water partition coefficient (Wildman–Crippen LogP) is 3.93. The number of benzene rings is 2. The SMILES string of the molecule is COc1ccc(CCN(C)C(=O)C(C)NC(=O)Nc2cccc(C(F)(F)F)c2)cc1OC. The van der Waals surface area contributed by atoms with Crippen molar-refractivity contribution in [1.29, 1.82) is 0 Å². The fraction of sp³-hybridized carbons (Fsp3) is 0.364. The lowest BCUT2D eigenvalue weighted by Crippen LogP contribution is -2.47. The van der Waals surface area contributed by atoms with E-state index in [-0.39, 0.29) is 11.6 Å². The van der Waals surface area contributed by atoms with Crippen molar-refractivity contribution in [3.8, 4) is 11.5 Å². The molecule has 32 heavy (non-hydrogen) atoms. The van der Waals surface area contributed by atoms with Crippen LogP contribution in [0.1, 0.15) is 18.1 Å². The zero-order chi connectivity index (χ0) is 23.9. The molecule has 0 saturated carbocycles. The predicted molar refractivity (Wildman–Crippen MR) is 114 cm³/mol. The quantitative estimate of drug-likeness (QED) is 0.635. The molecule has 0 aliphatic rings. The van der Waals surface area contributed by atoms with Crippen LogP contribution in [0, 0.1) is 0 Å². The Morgan fingerprint density at radius 1 is 1.06 bits per heavy atom. The van der Waals surface area contributed by atoms with Gasteiger partial charge in [-0.1, -0.05) is 12.1 Å². The Bertz CT molecular complexity index is 950. The summed E-state index contributed by atoms with van der Waals surface area (Å²) in [7, 11) is 4.68. The van der Waals surface area contributed by atoms with Gasteiger partial charge in [0.1, 0.15) is 6.04 Å². The van der Waals surface area contributed by atoms with Crippen molar-refractivity contribution >= 4 is 17.6 Å². The van der Waals surface area contributed by atoms with Crippen LogP contribution in [0.2, 0.25) is 0 Å². The normalized spacial score (nSPS) is 12.0. The van der Waals surface area contributed by atoms with E-state index in [4.69, 9.17) is 9.47 Å². The Morgan fingerprint density at radius 2 is 1.75 bits per heavy atom. The number of halogens is 3. The van der Waals surface area contributed by atoms with E-state index in [2.05, 4.69) is 10.6 Å². The number of alkyl halides is 3. The molecule has 0 aromatic heterocycles. The van der Waals surface area contributed by atoms with Crippen LogP contribution < -0.4 is 20.1 Å². The van der Waals surface area contributed by atoms with Gasteiger partial charge in [-0.15, -0.1) is 0 Å². The van der Waals surface area contributed by atoms with Crippen molar-refractivity contribution in [3.63, 3.8) is 0 Å². The maximum atomic E-state index is 12.8. The lowest BCUT2D eigenvalue weighted by molar-refractivity contribution is -0.137. The van der Waals surface area contributed by atoms with Crippen molar-refractivity contribution in [2.24, 2.45) is 0 Å². The molecule has 0 radical (unpaired) electrons. The summed E-state index contributed by atoms with van der Waals surface area (Å²) in [6.07, 6.45) is -3.97. The van der Waals surface area contributed by atoms with E-state index in [0.717, 1.165) is 17.7 Å². The number of amides is 3. The first-order valence-corrected chi connectivity index (χ1v) is 9.75. The number of hydrogen-bond donors (Lipinski definition) is 2. The van der Waals surface area contributed by atoms with E-state index >= 15 is 0 Å². The van der Waals surface area contributed by atoms with Gasteiger partial charge in [-0.3, -0.25) is 4.79 Å². The Hall–Kier alpha value is -3.43. The van der Waals surface area contributed by atoms with Gasteiger partial charge in [0.05, 0.1) is 19.8 Å². The number of nitrogens with zero attached hydrogens (tertiary/aromatic N) is 1. The van der Waals surface area contributed by atoms with Crippen LogP contribution in [0.15, 0.2) is 42.5 Å². The highest BCUT2D eigenvalue weighted by atomic mass is 19.4. The number of ether oxygens (including phenoxy) is 2. The molecule has 0 spiro atoms. The number of urea groups is 1. The maximum Gasteiger partial charge on any atom is 0.416 e. The molecule has 0 heterocycles. The Morgan fingerprint density at radius 3 is 2.38 bits per heavy atom. The molecule has 0 saturated heterocycles. The van der Waals surface area contributed by atoms with E-state index in [1.54, 1.807) is 20.2 Å². The number of likely N-dealkylation sites (N-methyl/N-ethyl adjacent to an activating group) is 1. The van der Waals surface area contributed by atoms with E-state index in [1.165, 1.54) is 31.1 Å². The van der Waals surface area contributed by atoms with Gasteiger partial charge in [0.2, 0.25) is 5.91 Å². The van der Waals surface area contributed by atoms with Gasteiger partial charge < -0.3 is 25.0 Å². The Balaban J connectivity index is 1.89. The first-order valence-electron chi connectivity index (χ1n) is 9.75. The number of anilines is 1. The molecule has 1 unspecified atom stereocenters. The van der Waals surface area contributed by atoms with Crippen LogP contribution >= 0.6 is 0 Å². The maximum absolute atomic E-state index is 12.8. The molecule has 3 amide bonds. The standard InChI is InChI=1S/C22H26F3N3O4/c1-14(26-21(30)27-17-7-5-6-16(13-17)22(23,24)25)20(29)28(2)11-10-15-8-9-18(31-3)19(12-15)32-4/h5-9,12-14H,10-11H2,1-4H3,(H2,26,27,30). The van der Waals surface area contributed by atoms with E-state index in [1.807, 2.05) is 12.1 Å². The average Bonchev–Trinajstić information content (AvgIpc) is 2.76. The summed E-state index contributed by atoms with van der Waals surface area (Å²) in [5.41, 5.74) is 0.0262. The van der Waals surface area contributed by atoms with Crippen LogP contribution in [0.5, 0.6) is 11.5 Å². The average molecular weight is 453 g/mol. The van der Waals surface area contributed by atoms with Gasteiger partial charge in [-0.25, -0.2) is 4.79 Å². The summed E-state index contributed by atoms with van der Waals surface area (Å²) in [4.78, 5) is 26.1. The molecule has 2 rings (SSSR count). The molecule has 7 nitrogen and oxygen atoms in total. The highest BCUT2D eigenvalue weighted by Crippen LogP contribution is 2.30. The number of methoxy groups -OCH3 is 2. The number of hydrogen-bond acceptors (Lipinski definition) is 4. The summed E-state index contributed by atoms with van der Waals surface area (Å²) >= 11 is 0. The summed E-state index contributed by atoms with van der Waals surface area (Å²) < 4.78 is 48.8. The Labute approximate surface area is 184 Å². The van der Waals surface area contributed by atoms with E-state index in [0.29, 0.717) is 24.5 Å². The van der Waals surface area contributed by atoms with Crippen LogP contribution in [0.25, 0.3) is 0 Å². The van der Waals surface area contributed by atoms with Crippen molar-refractivity contribution in [2.45, 2.75) is 25.6 Å². The first kappa shape index (κ1) is 24.8. The highest BCUT2D eigenvalue weighted by Gasteiger charge is 2.30. The topological polar surface area (TPSA) is 79.9 Å². The molecular weight excluding hydrogens is 427 g/mol. The van der Waals surface area contributed by atoms with Crippen molar-refractivity contribution < 1.29 is 32.2 Å². The number of nitrogens with one attached hydrogen (secondary N) is 2. The summed E-state index contributed by atoms with van der Waals surface area (Å²) in [6, 6.07) is 8.05. The number of carbonyl (C=O) groups is 2. The zero-order valence-electron chi connectivity index (χ0n) is 18.2. The lowest BCUT2D eigenvalue weighted by Gasteiger charge is -2.22. The molecule has 0 fully saturated rings. The smallest absolute Gasteiger partial charge is 0.416 e. The molecule has 2 N–H and O–H groups in total. The minimum Gasteiger partial charge on any atom is -0.493 e. The van der Waals surface area contributed by atoms with Crippen LogP contribution in [-0.4, -0.2) is 50.7 Å². The minimum atomic E-state index is -4.52. The number of carbonyl (C=O) groups excluding carboxylic acids is 2. The third kappa shape index (κ3) is 6.79. The largest absolute Gasteiger partial charge is 0.493 e. The lowest BCUT2D eigenvalue weighted by atomic mass is 10.1. The molecule has 10 heteroatoms. The minimum absolute atomic E-state index is 0.0289. The van der Waals surface area contributed by atoms with E-state index in [9.17, 15) is 22.8 Å². The van der Waals surface area contributed by atoms with Crippen molar-refractivity contribution in [3.05, 3.63) is 53.6 Å². The van der Waals surface area contributed by atoms with Gasteiger partial charge in [0, 0.05) is 19.3 Å². The third-order valence-corrected chi connectivity index (χ3v) is 4.73. The van der Waals surface area contributed by atoms with Crippen molar-refractivity contribution in [1.82, 2.24) is 10.2 Å². The van der Waals surface area contributed by atoms with Gasteiger partial charge in [0.15, 0.2) is 11.5 Å². The molecule has 174 valence electrons. The van der Waals surface area contributed by atoms with Gasteiger partial charge >= 0.3 is 12.2 Å². The third-order valence-electron chi connectivity index (χ3n) is 4.73. The highest BCUT2D eigenvalue weighted by molar-refractivity contribution is 5.93. The molecule has 0 bridgehead atoms.